The van der Waals surface area contributed by atoms with Crippen molar-refractivity contribution in [2.75, 3.05) is 13.1 Å². The van der Waals surface area contributed by atoms with Gasteiger partial charge in [0.2, 0.25) is 5.91 Å². The zero-order valence-electron chi connectivity index (χ0n) is 16.3. The molecule has 0 aliphatic carbocycles. The van der Waals surface area contributed by atoms with Crippen molar-refractivity contribution in [3.05, 3.63) is 71.0 Å². The number of hydrogen-bond acceptors (Lipinski definition) is 2. The number of piperidine rings is 1. The Kier molecular flexibility index (Phi) is 6.80. The van der Waals surface area contributed by atoms with E-state index in [1.54, 1.807) is 12.1 Å². The first-order valence-corrected chi connectivity index (χ1v) is 9.89. The Morgan fingerprint density at radius 1 is 1.07 bits per heavy atom. The van der Waals surface area contributed by atoms with Crippen molar-refractivity contribution in [2.45, 2.75) is 39.2 Å². The summed E-state index contributed by atoms with van der Waals surface area (Å²) in [6.07, 6.45) is 3.19. The van der Waals surface area contributed by atoms with Gasteiger partial charge in [0.25, 0.3) is 5.91 Å². The van der Waals surface area contributed by atoms with E-state index in [1.807, 2.05) is 36.1 Å². The fraction of sp³-hybridized carbons (Fsp3) is 0.391. The topological polar surface area (TPSA) is 49.4 Å². The summed E-state index contributed by atoms with van der Waals surface area (Å²) in [5.41, 5.74) is 2.67. The van der Waals surface area contributed by atoms with Crippen LogP contribution in [-0.4, -0.2) is 29.8 Å². The molecule has 0 saturated carbocycles. The molecule has 2 amide bonds. The first kappa shape index (κ1) is 20.1. The van der Waals surface area contributed by atoms with Crippen LogP contribution in [-0.2, 0) is 11.3 Å². The van der Waals surface area contributed by atoms with E-state index in [0.717, 1.165) is 49.0 Å². The third kappa shape index (κ3) is 5.41. The molecule has 0 aromatic heterocycles. The summed E-state index contributed by atoms with van der Waals surface area (Å²) >= 11 is 0. The van der Waals surface area contributed by atoms with Gasteiger partial charge < -0.3 is 10.2 Å². The summed E-state index contributed by atoms with van der Waals surface area (Å²) in [6, 6.07) is 13.8. The van der Waals surface area contributed by atoms with Crippen molar-refractivity contribution in [1.29, 1.82) is 0 Å². The molecular weight excluding hydrogens is 355 g/mol. The van der Waals surface area contributed by atoms with Crippen LogP contribution in [0.15, 0.2) is 48.5 Å². The molecule has 4 nitrogen and oxygen atoms in total. The van der Waals surface area contributed by atoms with Crippen LogP contribution in [0.3, 0.4) is 0 Å². The van der Waals surface area contributed by atoms with E-state index in [0.29, 0.717) is 18.9 Å². The molecule has 0 bridgehead atoms. The van der Waals surface area contributed by atoms with Gasteiger partial charge in [-0.3, -0.25) is 9.59 Å². The molecule has 1 heterocycles. The minimum absolute atomic E-state index is 0.0164. The molecule has 5 heteroatoms. The molecule has 0 unspecified atom stereocenters. The average Bonchev–Trinajstić information content (AvgIpc) is 2.72. The Morgan fingerprint density at radius 2 is 1.75 bits per heavy atom. The molecule has 1 aliphatic heterocycles. The zero-order valence-corrected chi connectivity index (χ0v) is 16.3. The smallest absolute Gasteiger partial charge is 0.254 e. The summed E-state index contributed by atoms with van der Waals surface area (Å²) in [5.74, 6) is 0.316. The van der Waals surface area contributed by atoms with Crippen LogP contribution in [0.2, 0.25) is 0 Å². The molecule has 1 N–H and O–H groups in total. The van der Waals surface area contributed by atoms with Gasteiger partial charge in [0.1, 0.15) is 5.82 Å². The quantitative estimate of drug-likeness (QED) is 0.818. The summed E-state index contributed by atoms with van der Waals surface area (Å²) in [5, 5.41) is 2.89. The van der Waals surface area contributed by atoms with E-state index >= 15 is 0 Å². The van der Waals surface area contributed by atoms with Gasteiger partial charge in [-0.1, -0.05) is 30.3 Å². The molecule has 2 aromatic rings. The highest BCUT2D eigenvalue weighted by Crippen LogP contribution is 2.23. The number of amides is 2. The monoisotopic (exact) mass is 382 g/mol. The van der Waals surface area contributed by atoms with Crippen molar-refractivity contribution >= 4 is 11.8 Å². The van der Waals surface area contributed by atoms with Crippen LogP contribution in [0, 0.1) is 18.7 Å². The molecule has 148 valence electrons. The van der Waals surface area contributed by atoms with Gasteiger partial charge in [-0.05, 0) is 61.4 Å². The predicted molar refractivity (Wildman–Crippen MR) is 107 cm³/mol. The first-order valence-electron chi connectivity index (χ1n) is 9.89. The summed E-state index contributed by atoms with van der Waals surface area (Å²) in [7, 11) is 0. The molecule has 3 rings (SSSR count). The maximum Gasteiger partial charge on any atom is 0.254 e. The van der Waals surface area contributed by atoms with Crippen LogP contribution in [0.25, 0.3) is 0 Å². The molecule has 0 radical (unpaired) electrons. The molecule has 28 heavy (non-hydrogen) atoms. The molecule has 0 atom stereocenters. The Morgan fingerprint density at radius 3 is 2.43 bits per heavy atom. The Hall–Kier alpha value is -2.69. The maximum atomic E-state index is 12.9. The van der Waals surface area contributed by atoms with E-state index in [-0.39, 0.29) is 17.6 Å². The van der Waals surface area contributed by atoms with Gasteiger partial charge in [0.05, 0.1) is 0 Å². The van der Waals surface area contributed by atoms with Crippen LogP contribution >= 0.6 is 0 Å². The molecule has 0 spiro atoms. The second-order valence-electron chi connectivity index (χ2n) is 7.49. The molecule has 1 saturated heterocycles. The van der Waals surface area contributed by atoms with Crippen molar-refractivity contribution in [1.82, 2.24) is 10.2 Å². The van der Waals surface area contributed by atoms with E-state index < -0.39 is 0 Å². The van der Waals surface area contributed by atoms with Crippen LogP contribution in [0.4, 0.5) is 4.39 Å². The lowest BCUT2D eigenvalue weighted by Gasteiger charge is -2.32. The summed E-state index contributed by atoms with van der Waals surface area (Å²) in [6.45, 7) is 3.87. The third-order valence-corrected chi connectivity index (χ3v) is 5.46. The summed E-state index contributed by atoms with van der Waals surface area (Å²) in [4.78, 5) is 26.7. The Balaban J connectivity index is 1.38. The number of rotatable bonds is 6. The average molecular weight is 382 g/mol. The second-order valence-corrected chi connectivity index (χ2v) is 7.49. The second kappa shape index (κ2) is 9.49. The number of likely N-dealkylation sites (tertiary alicyclic amines) is 1. The van der Waals surface area contributed by atoms with Gasteiger partial charge in [0.15, 0.2) is 0 Å². The largest absolute Gasteiger partial charge is 0.352 e. The van der Waals surface area contributed by atoms with E-state index in [1.165, 1.54) is 12.1 Å². The predicted octanol–water partition coefficient (Wildman–Crippen LogP) is 4.08. The van der Waals surface area contributed by atoms with Gasteiger partial charge in [0, 0.05) is 31.6 Å². The number of benzene rings is 2. The fourth-order valence-electron chi connectivity index (χ4n) is 3.63. The highest BCUT2D eigenvalue weighted by molar-refractivity contribution is 5.95. The van der Waals surface area contributed by atoms with Crippen molar-refractivity contribution < 1.29 is 14.0 Å². The molecule has 1 fully saturated rings. The van der Waals surface area contributed by atoms with Crippen molar-refractivity contribution in [3.8, 4) is 0 Å². The van der Waals surface area contributed by atoms with Gasteiger partial charge in [-0.15, -0.1) is 0 Å². The number of nitrogens with one attached hydrogen (secondary N) is 1. The minimum atomic E-state index is -0.276. The highest BCUT2D eigenvalue weighted by Gasteiger charge is 2.24. The Labute approximate surface area is 165 Å². The lowest BCUT2D eigenvalue weighted by Crippen LogP contribution is -2.39. The summed E-state index contributed by atoms with van der Waals surface area (Å²) < 4.78 is 12.9. The van der Waals surface area contributed by atoms with Gasteiger partial charge >= 0.3 is 0 Å². The molecule has 2 aromatic carbocycles. The zero-order chi connectivity index (χ0) is 19.9. The minimum Gasteiger partial charge on any atom is -0.352 e. The number of hydrogen-bond donors (Lipinski definition) is 1. The Bertz CT molecular complexity index is 812. The molecule has 1 aliphatic rings. The normalized spacial score (nSPS) is 14.7. The number of aryl methyl sites for hydroxylation is 1. The number of carbonyl (C=O) groups is 2. The van der Waals surface area contributed by atoms with Crippen molar-refractivity contribution in [3.63, 3.8) is 0 Å². The van der Waals surface area contributed by atoms with Gasteiger partial charge in [-0.2, -0.15) is 0 Å². The van der Waals surface area contributed by atoms with Crippen LogP contribution in [0.5, 0.6) is 0 Å². The molecular formula is C23H27FN2O2. The number of halogens is 1. The van der Waals surface area contributed by atoms with Crippen molar-refractivity contribution in [2.24, 2.45) is 5.92 Å². The lowest BCUT2D eigenvalue weighted by molar-refractivity contribution is -0.121. The first-order chi connectivity index (χ1) is 13.5. The third-order valence-electron chi connectivity index (χ3n) is 5.46. The van der Waals surface area contributed by atoms with E-state index in [2.05, 4.69) is 5.32 Å². The van der Waals surface area contributed by atoms with Crippen LogP contribution in [0.1, 0.15) is 47.2 Å². The van der Waals surface area contributed by atoms with E-state index in [9.17, 15) is 14.0 Å². The standard InChI is InChI=1S/C23H27FN2O2/c1-17-4-2-3-5-21(17)23(28)26-14-12-18(13-15-26)8-11-22(27)25-16-19-6-9-20(24)10-7-19/h2-7,9-10,18H,8,11-16H2,1H3,(H,25,27). The highest BCUT2D eigenvalue weighted by atomic mass is 19.1. The number of carbonyl (C=O) groups excluding carboxylic acids is 2. The van der Waals surface area contributed by atoms with E-state index in [4.69, 9.17) is 0 Å². The lowest BCUT2D eigenvalue weighted by atomic mass is 9.91. The fourth-order valence-corrected chi connectivity index (χ4v) is 3.63. The van der Waals surface area contributed by atoms with Gasteiger partial charge in [-0.25, -0.2) is 4.39 Å². The SMILES string of the molecule is Cc1ccccc1C(=O)N1CCC(CCC(=O)NCc2ccc(F)cc2)CC1. The number of nitrogens with zero attached hydrogens (tertiary/aromatic N) is 1. The van der Waals surface area contributed by atoms with Crippen LogP contribution < -0.4 is 5.32 Å². The maximum absolute atomic E-state index is 12.9.